The molecule has 0 aliphatic carbocycles. The first-order valence-electron chi connectivity index (χ1n) is 5.30. The van der Waals surface area contributed by atoms with E-state index in [0.717, 1.165) is 4.90 Å². The topological polar surface area (TPSA) is 55.0 Å². The van der Waals surface area contributed by atoms with E-state index < -0.39 is 12.7 Å². The van der Waals surface area contributed by atoms with Gasteiger partial charge in [0.1, 0.15) is 6.54 Å². The van der Waals surface area contributed by atoms with Gasteiger partial charge in [0.2, 0.25) is 0 Å². The Hall–Kier alpha value is -1.37. The average Bonchev–Trinajstić information content (AvgIpc) is 2.27. The second-order valence-corrected chi connectivity index (χ2v) is 3.62. The monoisotopic (exact) mass is 248 g/mol. The Morgan fingerprint density at radius 1 is 1.29 bits per heavy atom. The lowest BCUT2D eigenvalue weighted by molar-refractivity contribution is -0.119. The Bertz CT molecular complexity index is 336. The van der Waals surface area contributed by atoms with Crippen molar-refractivity contribution in [2.45, 2.75) is 26.1 Å². The van der Waals surface area contributed by atoms with Gasteiger partial charge in [-0.25, -0.2) is 0 Å². The maximum Gasteiger partial charge on any atom is 0.405 e. The Morgan fingerprint density at radius 3 is 2.41 bits per heavy atom. The molecule has 0 saturated heterocycles. The molecule has 0 atom stereocenters. The van der Waals surface area contributed by atoms with Gasteiger partial charge in [-0.1, -0.05) is 6.92 Å². The molecule has 0 aliphatic rings. The number of aromatic nitrogens is 2. The molecule has 0 spiro atoms. The van der Waals surface area contributed by atoms with E-state index in [1.165, 1.54) is 6.07 Å². The molecule has 0 unspecified atom stereocenters. The van der Waals surface area contributed by atoms with Crippen molar-refractivity contribution in [2.24, 2.45) is 5.73 Å². The van der Waals surface area contributed by atoms with Crippen LogP contribution in [0.2, 0.25) is 0 Å². The molecule has 2 N–H and O–H groups in total. The molecule has 1 aromatic heterocycles. The fraction of sp³-hybridized carbons (Fsp3) is 0.600. The van der Waals surface area contributed by atoms with Gasteiger partial charge in [0, 0.05) is 13.1 Å². The van der Waals surface area contributed by atoms with Gasteiger partial charge in [-0.05, 0) is 18.6 Å². The van der Waals surface area contributed by atoms with E-state index >= 15 is 0 Å². The van der Waals surface area contributed by atoms with Crippen molar-refractivity contribution in [3.63, 3.8) is 0 Å². The quantitative estimate of drug-likeness (QED) is 0.862. The van der Waals surface area contributed by atoms with Crippen LogP contribution >= 0.6 is 0 Å². The Morgan fingerprint density at radius 2 is 2.00 bits per heavy atom. The highest BCUT2D eigenvalue weighted by molar-refractivity contribution is 5.37. The Kier molecular flexibility index (Phi) is 4.68. The highest BCUT2D eigenvalue weighted by Crippen LogP contribution is 2.20. The van der Waals surface area contributed by atoms with E-state index in [9.17, 15) is 13.2 Å². The van der Waals surface area contributed by atoms with Crippen molar-refractivity contribution in [1.29, 1.82) is 0 Å². The summed E-state index contributed by atoms with van der Waals surface area (Å²) in [5, 5.41) is 7.49. The zero-order chi connectivity index (χ0) is 12.9. The molecule has 0 aromatic carbocycles. The van der Waals surface area contributed by atoms with Gasteiger partial charge in [0.05, 0.1) is 5.69 Å². The second kappa shape index (κ2) is 5.81. The lowest BCUT2D eigenvalue weighted by Gasteiger charge is -2.23. The molecule has 0 fully saturated rings. The molecule has 0 aliphatic heterocycles. The van der Waals surface area contributed by atoms with E-state index in [0.29, 0.717) is 12.1 Å². The van der Waals surface area contributed by atoms with Gasteiger partial charge < -0.3 is 10.6 Å². The van der Waals surface area contributed by atoms with Crippen LogP contribution in [0.1, 0.15) is 19.0 Å². The minimum atomic E-state index is -4.25. The lowest BCUT2D eigenvalue weighted by atomic mass is 10.3. The molecule has 0 amide bonds. The summed E-state index contributed by atoms with van der Waals surface area (Å²) in [6.07, 6.45) is -3.64. The third kappa shape index (κ3) is 4.56. The summed E-state index contributed by atoms with van der Waals surface area (Å²) in [5.74, 6) is 0.223. The fourth-order valence-electron chi connectivity index (χ4n) is 1.39. The van der Waals surface area contributed by atoms with Crippen molar-refractivity contribution in [3.05, 3.63) is 17.8 Å². The molecule has 7 heteroatoms. The first-order valence-corrected chi connectivity index (χ1v) is 5.30. The van der Waals surface area contributed by atoms with E-state index in [2.05, 4.69) is 10.2 Å². The van der Waals surface area contributed by atoms with Crippen molar-refractivity contribution in [3.8, 4) is 0 Å². The summed E-state index contributed by atoms with van der Waals surface area (Å²) in [7, 11) is 0. The maximum atomic E-state index is 12.4. The van der Waals surface area contributed by atoms with Gasteiger partial charge in [-0.3, -0.25) is 0 Å². The van der Waals surface area contributed by atoms with E-state index in [1.54, 1.807) is 6.07 Å². The maximum absolute atomic E-state index is 12.4. The molecular formula is C10H15F3N4. The first-order chi connectivity index (χ1) is 7.96. The molecule has 0 bridgehead atoms. The summed E-state index contributed by atoms with van der Waals surface area (Å²) >= 11 is 0. The summed E-state index contributed by atoms with van der Waals surface area (Å²) in [6, 6.07) is 3.10. The van der Waals surface area contributed by atoms with Gasteiger partial charge in [0.25, 0.3) is 0 Å². The van der Waals surface area contributed by atoms with Gasteiger partial charge in [-0.15, -0.1) is 5.10 Å². The smallest absolute Gasteiger partial charge is 0.346 e. The van der Waals surface area contributed by atoms with Gasteiger partial charge >= 0.3 is 6.18 Å². The van der Waals surface area contributed by atoms with Crippen LogP contribution < -0.4 is 10.6 Å². The molecular weight excluding hydrogens is 233 g/mol. The predicted octanol–water partition coefficient (Wildman–Crippen LogP) is 1.71. The van der Waals surface area contributed by atoms with Crippen molar-refractivity contribution < 1.29 is 13.2 Å². The fourth-order valence-corrected chi connectivity index (χ4v) is 1.39. The van der Waals surface area contributed by atoms with E-state index in [-0.39, 0.29) is 18.9 Å². The van der Waals surface area contributed by atoms with Crippen LogP contribution in [0.25, 0.3) is 0 Å². The molecule has 1 aromatic rings. The number of rotatable bonds is 5. The normalized spacial score (nSPS) is 11.6. The van der Waals surface area contributed by atoms with Crippen molar-refractivity contribution in [1.82, 2.24) is 10.2 Å². The number of nitrogens with two attached hydrogens (primary N) is 1. The third-order valence-corrected chi connectivity index (χ3v) is 2.10. The molecule has 4 nitrogen and oxygen atoms in total. The molecule has 96 valence electrons. The SMILES string of the molecule is CCCN(CC(F)(F)F)c1ccc(CN)nn1. The number of anilines is 1. The molecule has 17 heavy (non-hydrogen) atoms. The predicted molar refractivity (Wildman–Crippen MR) is 58.5 cm³/mol. The average molecular weight is 248 g/mol. The highest BCUT2D eigenvalue weighted by Gasteiger charge is 2.31. The largest absolute Gasteiger partial charge is 0.405 e. The third-order valence-electron chi connectivity index (χ3n) is 2.10. The van der Waals surface area contributed by atoms with Crippen LogP contribution in [0, 0.1) is 0 Å². The van der Waals surface area contributed by atoms with Crippen LogP contribution in [0.4, 0.5) is 19.0 Å². The van der Waals surface area contributed by atoms with Gasteiger partial charge in [0.15, 0.2) is 5.82 Å². The number of alkyl halides is 3. The Balaban J connectivity index is 2.81. The lowest BCUT2D eigenvalue weighted by Crippen LogP contribution is -2.35. The summed E-state index contributed by atoms with van der Waals surface area (Å²) in [4.78, 5) is 1.16. The standard InChI is InChI=1S/C10H15F3N4/c1-2-5-17(7-10(11,12)13)9-4-3-8(6-14)15-16-9/h3-4H,2,5-7,14H2,1H3. The summed E-state index contributed by atoms with van der Waals surface area (Å²) < 4.78 is 37.1. The van der Waals surface area contributed by atoms with E-state index in [4.69, 9.17) is 5.73 Å². The molecule has 0 radical (unpaired) electrons. The number of halogens is 3. The number of hydrogen-bond acceptors (Lipinski definition) is 4. The van der Waals surface area contributed by atoms with Gasteiger partial charge in [-0.2, -0.15) is 18.3 Å². The van der Waals surface area contributed by atoms with Crippen LogP contribution in [-0.2, 0) is 6.54 Å². The van der Waals surface area contributed by atoms with Crippen molar-refractivity contribution in [2.75, 3.05) is 18.0 Å². The zero-order valence-electron chi connectivity index (χ0n) is 9.54. The molecule has 1 rings (SSSR count). The Labute approximate surface area is 97.6 Å². The molecule has 0 saturated carbocycles. The van der Waals surface area contributed by atoms with Crippen LogP contribution in [0.3, 0.4) is 0 Å². The van der Waals surface area contributed by atoms with Crippen LogP contribution in [0.5, 0.6) is 0 Å². The first kappa shape index (κ1) is 13.7. The number of nitrogens with zero attached hydrogens (tertiary/aromatic N) is 3. The van der Waals surface area contributed by atoms with Crippen LogP contribution in [0.15, 0.2) is 12.1 Å². The second-order valence-electron chi connectivity index (χ2n) is 3.62. The zero-order valence-corrected chi connectivity index (χ0v) is 9.54. The highest BCUT2D eigenvalue weighted by atomic mass is 19.4. The molecule has 1 heterocycles. The minimum Gasteiger partial charge on any atom is -0.346 e. The van der Waals surface area contributed by atoms with E-state index in [1.807, 2.05) is 6.92 Å². The van der Waals surface area contributed by atoms with Crippen LogP contribution in [-0.4, -0.2) is 29.5 Å². The summed E-state index contributed by atoms with van der Waals surface area (Å²) in [5.41, 5.74) is 5.89. The minimum absolute atomic E-state index is 0.223. The summed E-state index contributed by atoms with van der Waals surface area (Å²) in [6.45, 7) is 1.30. The van der Waals surface area contributed by atoms with Crippen molar-refractivity contribution >= 4 is 5.82 Å². The number of hydrogen-bond donors (Lipinski definition) is 1.